The molecule has 2 heterocycles. The standard InChI is InChI=1S/C12H17N3O/c1-4-5-9-6-12(16)15-11(13-9)7-10(14-15)8(2)3/h6-8,14H,4-5H2,1-3H3. The van der Waals surface area contributed by atoms with Gasteiger partial charge in [-0.3, -0.25) is 9.89 Å². The molecule has 0 bridgehead atoms. The number of hydrogen-bond donors (Lipinski definition) is 1. The van der Waals surface area contributed by atoms with Crippen LogP contribution in [0.2, 0.25) is 0 Å². The second-order valence-corrected chi connectivity index (χ2v) is 4.40. The molecule has 0 unspecified atom stereocenters. The summed E-state index contributed by atoms with van der Waals surface area (Å²) in [6, 6.07) is 3.56. The lowest BCUT2D eigenvalue weighted by Gasteiger charge is -1.98. The molecule has 86 valence electrons. The van der Waals surface area contributed by atoms with Crippen LogP contribution >= 0.6 is 0 Å². The second-order valence-electron chi connectivity index (χ2n) is 4.40. The largest absolute Gasteiger partial charge is 0.293 e. The Kier molecular flexibility index (Phi) is 2.81. The Balaban J connectivity index is 2.59. The van der Waals surface area contributed by atoms with E-state index < -0.39 is 0 Å². The summed E-state index contributed by atoms with van der Waals surface area (Å²) in [6.07, 6.45) is 1.86. The van der Waals surface area contributed by atoms with Crippen LogP contribution in [0, 0.1) is 0 Å². The van der Waals surface area contributed by atoms with E-state index in [0.717, 1.165) is 29.9 Å². The lowest BCUT2D eigenvalue weighted by Crippen LogP contribution is -2.15. The van der Waals surface area contributed by atoms with Crippen LogP contribution in [-0.2, 0) is 6.42 Å². The van der Waals surface area contributed by atoms with Crippen LogP contribution in [0.3, 0.4) is 0 Å². The van der Waals surface area contributed by atoms with Gasteiger partial charge >= 0.3 is 0 Å². The fourth-order valence-electron chi connectivity index (χ4n) is 1.74. The summed E-state index contributed by atoms with van der Waals surface area (Å²) in [7, 11) is 0. The highest BCUT2D eigenvalue weighted by Gasteiger charge is 2.07. The smallest absolute Gasteiger partial charge is 0.272 e. The minimum atomic E-state index is -0.0275. The van der Waals surface area contributed by atoms with E-state index in [1.807, 2.05) is 6.07 Å². The summed E-state index contributed by atoms with van der Waals surface area (Å²) in [4.78, 5) is 16.3. The third kappa shape index (κ3) is 1.87. The van der Waals surface area contributed by atoms with Gasteiger partial charge < -0.3 is 0 Å². The molecule has 2 aromatic rings. The molecule has 0 amide bonds. The maximum Gasteiger partial charge on any atom is 0.272 e. The summed E-state index contributed by atoms with van der Waals surface area (Å²) in [6.45, 7) is 6.26. The van der Waals surface area contributed by atoms with Crippen molar-refractivity contribution >= 4 is 5.65 Å². The van der Waals surface area contributed by atoms with Crippen molar-refractivity contribution in [2.24, 2.45) is 0 Å². The predicted molar refractivity (Wildman–Crippen MR) is 63.9 cm³/mol. The molecule has 0 saturated heterocycles. The molecule has 0 aromatic carbocycles. The molecule has 0 fully saturated rings. The number of fused-ring (bicyclic) bond motifs is 1. The van der Waals surface area contributed by atoms with Gasteiger partial charge in [-0.1, -0.05) is 27.2 Å². The molecule has 0 radical (unpaired) electrons. The van der Waals surface area contributed by atoms with Crippen LogP contribution in [0.1, 0.15) is 44.5 Å². The first-order valence-electron chi connectivity index (χ1n) is 5.73. The number of aryl methyl sites for hydroxylation is 1. The molecule has 1 N–H and O–H groups in total. The Labute approximate surface area is 94.3 Å². The predicted octanol–water partition coefficient (Wildman–Crippen LogP) is 2.10. The SMILES string of the molecule is CCCc1cc(=O)n2[nH]c(C(C)C)cc2n1. The molecule has 0 aliphatic heterocycles. The molecular formula is C12H17N3O. The summed E-state index contributed by atoms with van der Waals surface area (Å²) < 4.78 is 1.51. The maximum absolute atomic E-state index is 11.8. The van der Waals surface area contributed by atoms with Gasteiger partial charge in [-0.2, -0.15) is 0 Å². The zero-order valence-electron chi connectivity index (χ0n) is 9.95. The van der Waals surface area contributed by atoms with Crippen molar-refractivity contribution in [2.45, 2.75) is 39.5 Å². The van der Waals surface area contributed by atoms with Crippen LogP contribution < -0.4 is 5.56 Å². The van der Waals surface area contributed by atoms with Gasteiger partial charge in [0.1, 0.15) is 0 Å². The number of H-pyrrole nitrogens is 1. The molecule has 0 atom stereocenters. The van der Waals surface area contributed by atoms with Crippen molar-refractivity contribution in [3.8, 4) is 0 Å². The molecular weight excluding hydrogens is 202 g/mol. The minimum Gasteiger partial charge on any atom is -0.293 e. The van der Waals surface area contributed by atoms with Crippen molar-refractivity contribution in [1.82, 2.24) is 14.6 Å². The van der Waals surface area contributed by atoms with Gasteiger partial charge in [0, 0.05) is 23.5 Å². The van der Waals surface area contributed by atoms with Crippen LogP contribution in [0.4, 0.5) is 0 Å². The number of aromatic amines is 1. The summed E-state index contributed by atoms with van der Waals surface area (Å²) in [5, 5.41) is 3.07. The van der Waals surface area contributed by atoms with Crippen molar-refractivity contribution in [2.75, 3.05) is 0 Å². The topological polar surface area (TPSA) is 50.2 Å². The van der Waals surface area contributed by atoms with E-state index in [1.54, 1.807) is 6.07 Å². The van der Waals surface area contributed by atoms with E-state index in [2.05, 4.69) is 30.9 Å². The molecule has 0 aliphatic carbocycles. The highest BCUT2D eigenvalue weighted by Crippen LogP contribution is 2.13. The Morgan fingerprint density at radius 1 is 1.44 bits per heavy atom. The molecule has 0 saturated carbocycles. The van der Waals surface area contributed by atoms with E-state index >= 15 is 0 Å². The molecule has 0 aliphatic rings. The average Bonchev–Trinajstić information content (AvgIpc) is 2.62. The van der Waals surface area contributed by atoms with Gasteiger partial charge in [-0.15, -0.1) is 0 Å². The van der Waals surface area contributed by atoms with Gasteiger partial charge in [-0.25, -0.2) is 9.50 Å². The monoisotopic (exact) mass is 219 g/mol. The van der Waals surface area contributed by atoms with Crippen LogP contribution in [-0.4, -0.2) is 14.6 Å². The summed E-state index contributed by atoms with van der Waals surface area (Å²) >= 11 is 0. The Morgan fingerprint density at radius 3 is 2.81 bits per heavy atom. The third-order valence-electron chi connectivity index (χ3n) is 2.65. The number of nitrogens with one attached hydrogen (secondary N) is 1. The Bertz CT molecular complexity index is 551. The molecule has 0 spiro atoms. The van der Waals surface area contributed by atoms with Gasteiger partial charge in [0.15, 0.2) is 5.65 Å². The maximum atomic E-state index is 11.8. The highest BCUT2D eigenvalue weighted by atomic mass is 16.1. The van der Waals surface area contributed by atoms with Crippen molar-refractivity contribution in [1.29, 1.82) is 0 Å². The van der Waals surface area contributed by atoms with Crippen molar-refractivity contribution < 1.29 is 0 Å². The van der Waals surface area contributed by atoms with Gasteiger partial charge in [-0.05, 0) is 12.3 Å². The first-order valence-corrected chi connectivity index (χ1v) is 5.73. The zero-order chi connectivity index (χ0) is 11.7. The molecule has 4 nitrogen and oxygen atoms in total. The zero-order valence-corrected chi connectivity index (χ0v) is 9.95. The first kappa shape index (κ1) is 10.9. The van der Waals surface area contributed by atoms with Crippen molar-refractivity contribution in [3.05, 3.63) is 33.9 Å². The second kappa shape index (κ2) is 4.12. The van der Waals surface area contributed by atoms with Gasteiger partial charge in [0.2, 0.25) is 0 Å². The van der Waals surface area contributed by atoms with E-state index in [9.17, 15) is 4.79 Å². The summed E-state index contributed by atoms with van der Waals surface area (Å²) in [5.74, 6) is 0.371. The Morgan fingerprint density at radius 2 is 2.19 bits per heavy atom. The van der Waals surface area contributed by atoms with Crippen LogP contribution in [0.5, 0.6) is 0 Å². The van der Waals surface area contributed by atoms with E-state index in [0.29, 0.717) is 5.92 Å². The molecule has 2 aromatic heterocycles. The quantitative estimate of drug-likeness (QED) is 0.859. The lowest BCUT2D eigenvalue weighted by atomic mass is 10.1. The highest BCUT2D eigenvalue weighted by molar-refractivity contribution is 5.40. The lowest BCUT2D eigenvalue weighted by molar-refractivity contribution is 0.770. The first-order chi connectivity index (χ1) is 7.61. The minimum absolute atomic E-state index is 0.0275. The number of hydrogen-bond acceptors (Lipinski definition) is 2. The summed E-state index contributed by atoms with van der Waals surface area (Å²) in [5.41, 5.74) is 2.61. The normalized spacial score (nSPS) is 11.5. The Hall–Kier alpha value is -1.58. The molecule has 16 heavy (non-hydrogen) atoms. The number of aromatic nitrogens is 3. The van der Waals surface area contributed by atoms with Gasteiger partial charge in [0.25, 0.3) is 5.56 Å². The van der Waals surface area contributed by atoms with E-state index in [-0.39, 0.29) is 5.56 Å². The average molecular weight is 219 g/mol. The third-order valence-corrected chi connectivity index (χ3v) is 2.65. The molecule has 2 rings (SSSR count). The van der Waals surface area contributed by atoms with E-state index in [4.69, 9.17) is 0 Å². The van der Waals surface area contributed by atoms with Gasteiger partial charge in [0.05, 0.1) is 0 Å². The number of rotatable bonds is 3. The fourth-order valence-corrected chi connectivity index (χ4v) is 1.74. The van der Waals surface area contributed by atoms with Crippen molar-refractivity contribution in [3.63, 3.8) is 0 Å². The van der Waals surface area contributed by atoms with Crippen LogP contribution in [0.15, 0.2) is 16.9 Å². The van der Waals surface area contributed by atoms with Crippen LogP contribution in [0.25, 0.3) is 5.65 Å². The molecule has 4 heteroatoms. The van der Waals surface area contributed by atoms with E-state index in [1.165, 1.54) is 4.52 Å². The number of nitrogens with zero attached hydrogens (tertiary/aromatic N) is 2. The fraction of sp³-hybridized carbons (Fsp3) is 0.500.